The van der Waals surface area contributed by atoms with Gasteiger partial charge in [0, 0.05) is 11.6 Å². The molecule has 2 aromatic rings. The highest BCUT2D eigenvalue weighted by Crippen LogP contribution is 2.16. The second-order valence-corrected chi connectivity index (χ2v) is 5.62. The zero-order chi connectivity index (χ0) is 15.9. The summed E-state index contributed by atoms with van der Waals surface area (Å²) in [5, 5.41) is 4.14. The van der Waals surface area contributed by atoms with Gasteiger partial charge in [-0.05, 0) is 30.2 Å². The van der Waals surface area contributed by atoms with Crippen molar-refractivity contribution in [2.75, 3.05) is 7.11 Å². The zero-order valence-electron chi connectivity index (χ0n) is 12.4. The van der Waals surface area contributed by atoms with Crippen LogP contribution in [0.4, 0.5) is 0 Å². The predicted octanol–water partition coefficient (Wildman–Crippen LogP) is 3.68. The lowest BCUT2D eigenvalue weighted by Gasteiger charge is -2.14. The molecule has 22 heavy (non-hydrogen) atoms. The van der Waals surface area contributed by atoms with Crippen LogP contribution in [0.3, 0.4) is 0 Å². The van der Waals surface area contributed by atoms with Crippen molar-refractivity contribution in [2.45, 2.75) is 13.0 Å². The number of hydrazone groups is 1. The number of hydrogen-bond acceptors (Lipinski definition) is 3. The third-order valence-electron chi connectivity index (χ3n) is 3.17. The van der Waals surface area contributed by atoms with Gasteiger partial charge < -0.3 is 4.74 Å². The summed E-state index contributed by atoms with van der Waals surface area (Å²) in [6.07, 6.45) is -0.678. The van der Waals surface area contributed by atoms with Gasteiger partial charge in [-0.1, -0.05) is 58.4 Å². The van der Waals surface area contributed by atoms with Crippen molar-refractivity contribution in [1.29, 1.82) is 0 Å². The average Bonchev–Trinajstić information content (AvgIpc) is 2.55. The number of carbonyl (C=O) groups excluding carboxylic acids is 1. The van der Waals surface area contributed by atoms with Crippen LogP contribution in [0.5, 0.6) is 0 Å². The summed E-state index contributed by atoms with van der Waals surface area (Å²) in [4.78, 5) is 12.2. The first kappa shape index (κ1) is 16.4. The van der Waals surface area contributed by atoms with Gasteiger partial charge in [0.1, 0.15) is 0 Å². The molecule has 1 amide bonds. The first-order chi connectivity index (χ1) is 10.6. The fraction of sp³-hybridized carbons (Fsp3) is 0.176. The van der Waals surface area contributed by atoms with Crippen molar-refractivity contribution >= 4 is 27.5 Å². The van der Waals surface area contributed by atoms with E-state index in [4.69, 9.17) is 4.74 Å². The number of benzene rings is 2. The van der Waals surface area contributed by atoms with Crippen molar-refractivity contribution in [3.63, 3.8) is 0 Å². The molecule has 1 N–H and O–H groups in total. The molecule has 0 fully saturated rings. The summed E-state index contributed by atoms with van der Waals surface area (Å²) in [7, 11) is 1.50. The SMILES string of the molecule is COC(C(=O)N/N=C(\C)c1ccc(Br)cc1)c1ccccc1. The quantitative estimate of drug-likeness (QED) is 0.653. The molecule has 1 unspecified atom stereocenters. The summed E-state index contributed by atoms with van der Waals surface area (Å²) in [6.45, 7) is 1.84. The normalized spacial score (nSPS) is 12.8. The number of methoxy groups -OCH3 is 1. The number of nitrogens with zero attached hydrogens (tertiary/aromatic N) is 1. The van der Waals surface area contributed by atoms with Gasteiger partial charge in [0.25, 0.3) is 5.91 Å². The molecule has 0 aliphatic heterocycles. The number of rotatable bonds is 5. The molecule has 4 nitrogen and oxygen atoms in total. The van der Waals surface area contributed by atoms with Crippen molar-refractivity contribution in [3.05, 3.63) is 70.2 Å². The second-order valence-electron chi connectivity index (χ2n) is 4.71. The molecule has 1 atom stereocenters. The molecular formula is C17H17BrN2O2. The number of nitrogens with one attached hydrogen (secondary N) is 1. The second kappa shape index (κ2) is 7.87. The van der Waals surface area contributed by atoms with Crippen LogP contribution >= 0.6 is 15.9 Å². The van der Waals surface area contributed by atoms with Crippen molar-refractivity contribution in [2.24, 2.45) is 5.10 Å². The topological polar surface area (TPSA) is 50.7 Å². The predicted molar refractivity (Wildman–Crippen MR) is 90.7 cm³/mol. The molecule has 0 bridgehead atoms. The highest BCUT2D eigenvalue weighted by atomic mass is 79.9. The van der Waals surface area contributed by atoms with Crippen molar-refractivity contribution < 1.29 is 9.53 Å². The lowest BCUT2D eigenvalue weighted by Crippen LogP contribution is -2.27. The maximum absolute atomic E-state index is 12.2. The van der Waals surface area contributed by atoms with Crippen LogP contribution < -0.4 is 5.43 Å². The highest BCUT2D eigenvalue weighted by molar-refractivity contribution is 9.10. The van der Waals surface area contributed by atoms with Gasteiger partial charge in [0.15, 0.2) is 6.10 Å². The summed E-state index contributed by atoms with van der Waals surface area (Å²) in [6, 6.07) is 17.0. The van der Waals surface area contributed by atoms with Crippen LogP contribution in [-0.2, 0) is 9.53 Å². The monoisotopic (exact) mass is 360 g/mol. The Hall–Kier alpha value is -1.98. The molecule has 114 valence electrons. The molecule has 2 rings (SSSR count). The molecule has 0 aliphatic rings. The van der Waals surface area contributed by atoms with E-state index in [1.807, 2.05) is 61.5 Å². The average molecular weight is 361 g/mol. The van der Waals surface area contributed by atoms with Gasteiger partial charge in [-0.3, -0.25) is 4.79 Å². The zero-order valence-corrected chi connectivity index (χ0v) is 14.0. The molecule has 5 heteroatoms. The van der Waals surface area contributed by atoms with E-state index in [1.54, 1.807) is 0 Å². The smallest absolute Gasteiger partial charge is 0.273 e. The minimum absolute atomic E-state index is 0.301. The molecule has 0 saturated carbocycles. The van der Waals surface area contributed by atoms with Crippen LogP contribution in [0.15, 0.2) is 64.2 Å². The first-order valence-electron chi connectivity index (χ1n) is 6.79. The number of halogens is 1. The Morgan fingerprint density at radius 1 is 1.14 bits per heavy atom. The summed E-state index contributed by atoms with van der Waals surface area (Å²) >= 11 is 3.38. The number of carbonyl (C=O) groups is 1. The fourth-order valence-corrected chi connectivity index (χ4v) is 2.24. The van der Waals surface area contributed by atoms with Crippen LogP contribution in [0, 0.1) is 0 Å². The van der Waals surface area contributed by atoms with Gasteiger partial charge in [0.2, 0.25) is 0 Å². The van der Waals surface area contributed by atoms with E-state index < -0.39 is 6.10 Å². The minimum atomic E-state index is -0.678. The first-order valence-corrected chi connectivity index (χ1v) is 7.59. The van der Waals surface area contributed by atoms with Crippen LogP contribution in [0.2, 0.25) is 0 Å². The maximum atomic E-state index is 12.2. The Morgan fingerprint density at radius 2 is 1.77 bits per heavy atom. The number of hydrogen-bond donors (Lipinski definition) is 1. The summed E-state index contributed by atoms with van der Waals surface area (Å²) in [5.74, 6) is -0.301. The lowest BCUT2D eigenvalue weighted by molar-refractivity contribution is -0.131. The van der Waals surface area contributed by atoms with Gasteiger partial charge >= 0.3 is 0 Å². The molecule has 0 spiro atoms. The Balaban J connectivity index is 2.07. The molecule has 0 aliphatic carbocycles. The van der Waals surface area contributed by atoms with E-state index in [-0.39, 0.29) is 5.91 Å². The minimum Gasteiger partial charge on any atom is -0.367 e. The standard InChI is InChI=1S/C17H17BrN2O2/c1-12(13-8-10-15(18)11-9-13)19-20-17(21)16(22-2)14-6-4-3-5-7-14/h3-11,16H,1-2H3,(H,20,21)/b19-12+. The molecule has 0 saturated heterocycles. The maximum Gasteiger partial charge on any atom is 0.273 e. The van der Waals surface area contributed by atoms with E-state index in [0.29, 0.717) is 0 Å². The van der Waals surface area contributed by atoms with Crippen molar-refractivity contribution in [1.82, 2.24) is 5.43 Å². The van der Waals surface area contributed by atoms with Gasteiger partial charge in [0.05, 0.1) is 5.71 Å². The summed E-state index contributed by atoms with van der Waals surface area (Å²) < 4.78 is 6.26. The Labute approximate surface area is 138 Å². The Kier molecular flexibility index (Phi) is 5.86. The largest absolute Gasteiger partial charge is 0.367 e. The third kappa shape index (κ3) is 4.26. The van der Waals surface area contributed by atoms with Crippen LogP contribution in [0.1, 0.15) is 24.2 Å². The highest BCUT2D eigenvalue weighted by Gasteiger charge is 2.19. The molecule has 0 heterocycles. The number of amides is 1. The van der Waals surface area contributed by atoms with Gasteiger partial charge in [-0.15, -0.1) is 0 Å². The summed E-state index contributed by atoms with van der Waals surface area (Å²) in [5.41, 5.74) is 5.02. The van der Waals surface area contributed by atoms with Gasteiger partial charge in [-0.2, -0.15) is 5.10 Å². The Bertz CT molecular complexity index is 654. The van der Waals surface area contributed by atoms with Crippen LogP contribution in [-0.4, -0.2) is 18.7 Å². The molecular weight excluding hydrogens is 344 g/mol. The molecule has 0 aromatic heterocycles. The van der Waals surface area contributed by atoms with E-state index in [1.165, 1.54) is 7.11 Å². The fourth-order valence-electron chi connectivity index (χ4n) is 1.98. The molecule has 0 radical (unpaired) electrons. The van der Waals surface area contributed by atoms with E-state index in [2.05, 4.69) is 26.5 Å². The lowest BCUT2D eigenvalue weighted by atomic mass is 10.1. The van der Waals surface area contributed by atoms with E-state index in [0.717, 1.165) is 21.3 Å². The van der Waals surface area contributed by atoms with Crippen molar-refractivity contribution in [3.8, 4) is 0 Å². The van der Waals surface area contributed by atoms with Gasteiger partial charge in [-0.25, -0.2) is 5.43 Å². The van der Waals surface area contributed by atoms with Crippen LogP contribution in [0.25, 0.3) is 0 Å². The van der Waals surface area contributed by atoms with E-state index in [9.17, 15) is 4.79 Å². The third-order valence-corrected chi connectivity index (χ3v) is 3.70. The molecule has 2 aromatic carbocycles. The van der Waals surface area contributed by atoms with E-state index >= 15 is 0 Å². The Morgan fingerprint density at radius 3 is 2.36 bits per heavy atom. The number of ether oxygens (including phenoxy) is 1.